The van der Waals surface area contributed by atoms with E-state index in [1.807, 2.05) is 27.2 Å². The Balaban J connectivity index is 2.10. The van der Waals surface area contributed by atoms with Gasteiger partial charge in [-0.2, -0.15) is 5.10 Å². The molecule has 5 nitrogen and oxygen atoms in total. The van der Waals surface area contributed by atoms with Gasteiger partial charge in [-0.15, -0.1) is 0 Å². The van der Waals surface area contributed by atoms with E-state index in [4.69, 9.17) is 0 Å². The van der Waals surface area contributed by atoms with Crippen LogP contribution in [0.1, 0.15) is 43.4 Å². The van der Waals surface area contributed by atoms with Crippen molar-refractivity contribution in [1.82, 2.24) is 20.4 Å². The lowest BCUT2D eigenvalue weighted by Crippen LogP contribution is -2.57. The highest BCUT2D eigenvalue weighted by molar-refractivity contribution is 5.86. The van der Waals surface area contributed by atoms with Gasteiger partial charge >= 0.3 is 0 Å². The predicted molar refractivity (Wildman–Crippen MR) is 74.7 cm³/mol. The topological polar surface area (TPSA) is 61.0 Å². The van der Waals surface area contributed by atoms with E-state index in [9.17, 15) is 4.79 Å². The highest BCUT2D eigenvalue weighted by atomic mass is 16.2. The van der Waals surface area contributed by atoms with Crippen LogP contribution in [0.25, 0.3) is 0 Å². The maximum Gasteiger partial charge on any atom is 0.242 e. The Morgan fingerprint density at radius 1 is 1.42 bits per heavy atom. The van der Waals surface area contributed by atoms with Crippen LogP contribution in [0.5, 0.6) is 0 Å². The van der Waals surface area contributed by atoms with Crippen molar-refractivity contribution in [3.63, 3.8) is 0 Å². The van der Waals surface area contributed by atoms with E-state index in [0.717, 1.165) is 36.9 Å². The molecule has 5 heteroatoms. The zero-order valence-electron chi connectivity index (χ0n) is 12.1. The SMILES string of the molecule is Cc1[nH]ncc1CNC1(C(=O)N(C)C)CCCCC1. The number of rotatable bonds is 4. The molecule has 1 aromatic rings. The second-order valence-corrected chi connectivity index (χ2v) is 5.72. The van der Waals surface area contributed by atoms with Crippen LogP contribution in [0.15, 0.2) is 6.20 Å². The lowest BCUT2D eigenvalue weighted by atomic mass is 9.80. The fraction of sp³-hybridized carbons (Fsp3) is 0.714. The van der Waals surface area contributed by atoms with E-state index in [-0.39, 0.29) is 11.4 Å². The Bertz CT molecular complexity index is 432. The normalized spacial score (nSPS) is 18.3. The molecule has 0 atom stereocenters. The van der Waals surface area contributed by atoms with Crippen LogP contribution in [0.2, 0.25) is 0 Å². The van der Waals surface area contributed by atoms with Gasteiger partial charge < -0.3 is 4.90 Å². The number of amides is 1. The summed E-state index contributed by atoms with van der Waals surface area (Å²) in [5.41, 5.74) is 1.82. The number of carbonyl (C=O) groups excluding carboxylic acids is 1. The molecule has 0 radical (unpaired) electrons. The number of aromatic amines is 1. The van der Waals surface area contributed by atoms with Gasteiger partial charge in [-0.3, -0.25) is 15.2 Å². The van der Waals surface area contributed by atoms with Crippen LogP contribution in [-0.4, -0.2) is 40.6 Å². The number of nitrogens with zero attached hydrogens (tertiary/aromatic N) is 2. The number of aryl methyl sites for hydroxylation is 1. The lowest BCUT2D eigenvalue weighted by Gasteiger charge is -2.38. The van der Waals surface area contributed by atoms with E-state index < -0.39 is 0 Å². The number of hydrogen-bond acceptors (Lipinski definition) is 3. The highest BCUT2D eigenvalue weighted by Crippen LogP contribution is 2.30. The summed E-state index contributed by atoms with van der Waals surface area (Å²) >= 11 is 0. The van der Waals surface area contributed by atoms with Crippen molar-refractivity contribution in [3.05, 3.63) is 17.5 Å². The first kappa shape index (κ1) is 14.1. The molecule has 0 saturated heterocycles. The van der Waals surface area contributed by atoms with Gasteiger partial charge in [0.15, 0.2) is 0 Å². The van der Waals surface area contributed by atoms with Crippen LogP contribution in [0.3, 0.4) is 0 Å². The Kier molecular flexibility index (Phi) is 4.24. The summed E-state index contributed by atoms with van der Waals surface area (Å²) in [6.45, 7) is 2.70. The molecule has 0 spiro atoms. The predicted octanol–water partition coefficient (Wildman–Crippen LogP) is 1.60. The molecule has 106 valence electrons. The average molecular weight is 264 g/mol. The van der Waals surface area contributed by atoms with E-state index in [2.05, 4.69) is 15.5 Å². The molecule has 2 rings (SSSR count). The molecule has 1 aliphatic carbocycles. The largest absolute Gasteiger partial charge is 0.347 e. The van der Waals surface area contributed by atoms with Crippen molar-refractivity contribution in [2.24, 2.45) is 0 Å². The number of H-pyrrole nitrogens is 1. The molecule has 1 aromatic heterocycles. The molecule has 0 aromatic carbocycles. The van der Waals surface area contributed by atoms with E-state index in [1.54, 1.807) is 4.90 Å². The third-order valence-electron chi connectivity index (χ3n) is 4.07. The Hall–Kier alpha value is -1.36. The minimum Gasteiger partial charge on any atom is -0.347 e. The maximum absolute atomic E-state index is 12.5. The molecule has 1 amide bonds. The number of nitrogens with one attached hydrogen (secondary N) is 2. The fourth-order valence-corrected chi connectivity index (χ4v) is 2.87. The van der Waals surface area contributed by atoms with E-state index >= 15 is 0 Å². The van der Waals surface area contributed by atoms with Crippen molar-refractivity contribution in [3.8, 4) is 0 Å². The molecule has 0 aliphatic heterocycles. The van der Waals surface area contributed by atoms with Gasteiger partial charge in [0.1, 0.15) is 0 Å². The number of likely N-dealkylation sites (N-methyl/N-ethyl adjacent to an activating group) is 1. The van der Waals surface area contributed by atoms with Crippen molar-refractivity contribution in [2.75, 3.05) is 14.1 Å². The lowest BCUT2D eigenvalue weighted by molar-refractivity contribution is -0.137. The van der Waals surface area contributed by atoms with Crippen molar-refractivity contribution in [1.29, 1.82) is 0 Å². The molecule has 0 unspecified atom stereocenters. The third kappa shape index (κ3) is 2.97. The summed E-state index contributed by atoms with van der Waals surface area (Å²) in [4.78, 5) is 14.2. The molecule has 1 aliphatic rings. The first-order valence-corrected chi connectivity index (χ1v) is 7.01. The van der Waals surface area contributed by atoms with Gasteiger partial charge in [0, 0.05) is 31.9 Å². The molecule has 0 bridgehead atoms. The van der Waals surface area contributed by atoms with Crippen molar-refractivity contribution in [2.45, 2.75) is 51.1 Å². The Morgan fingerprint density at radius 2 is 2.11 bits per heavy atom. The van der Waals surface area contributed by atoms with E-state index in [0.29, 0.717) is 6.54 Å². The standard InChI is InChI=1S/C14H24N4O/c1-11-12(10-16-17-11)9-15-14(13(19)18(2)3)7-5-4-6-8-14/h10,15H,4-9H2,1-3H3,(H,16,17). The summed E-state index contributed by atoms with van der Waals surface area (Å²) in [6, 6.07) is 0. The quantitative estimate of drug-likeness (QED) is 0.868. The summed E-state index contributed by atoms with van der Waals surface area (Å²) in [7, 11) is 3.67. The summed E-state index contributed by atoms with van der Waals surface area (Å²) in [5.74, 6) is 0.202. The Morgan fingerprint density at radius 3 is 2.63 bits per heavy atom. The van der Waals surface area contributed by atoms with Gasteiger partial charge in [0.2, 0.25) is 5.91 Å². The Labute approximate surface area is 114 Å². The molecule has 19 heavy (non-hydrogen) atoms. The van der Waals surface area contributed by atoms with Crippen LogP contribution in [0, 0.1) is 6.92 Å². The molecule has 1 heterocycles. The van der Waals surface area contributed by atoms with E-state index in [1.165, 1.54) is 6.42 Å². The minimum atomic E-state index is -0.383. The first-order chi connectivity index (χ1) is 9.05. The molecule has 1 saturated carbocycles. The third-order valence-corrected chi connectivity index (χ3v) is 4.07. The maximum atomic E-state index is 12.5. The second-order valence-electron chi connectivity index (χ2n) is 5.72. The number of aromatic nitrogens is 2. The number of hydrogen-bond donors (Lipinski definition) is 2. The fourth-order valence-electron chi connectivity index (χ4n) is 2.87. The van der Waals surface area contributed by atoms with Crippen molar-refractivity contribution >= 4 is 5.91 Å². The second kappa shape index (κ2) is 5.74. The molecule has 1 fully saturated rings. The first-order valence-electron chi connectivity index (χ1n) is 7.01. The van der Waals surface area contributed by atoms with Crippen LogP contribution in [-0.2, 0) is 11.3 Å². The zero-order valence-corrected chi connectivity index (χ0v) is 12.1. The summed E-state index contributed by atoms with van der Waals surface area (Å²) < 4.78 is 0. The monoisotopic (exact) mass is 264 g/mol. The van der Waals surface area contributed by atoms with Gasteiger partial charge in [-0.1, -0.05) is 19.3 Å². The van der Waals surface area contributed by atoms with Crippen LogP contribution < -0.4 is 5.32 Å². The van der Waals surface area contributed by atoms with Crippen LogP contribution >= 0.6 is 0 Å². The van der Waals surface area contributed by atoms with Gasteiger partial charge in [0.25, 0.3) is 0 Å². The summed E-state index contributed by atoms with van der Waals surface area (Å²) in [5, 5.41) is 10.5. The van der Waals surface area contributed by atoms with Crippen LogP contribution in [0.4, 0.5) is 0 Å². The summed E-state index contributed by atoms with van der Waals surface area (Å²) in [6.07, 6.45) is 7.17. The molecular weight excluding hydrogens is 240 g/mol. The molecule has 2 N–H and O–H groups in total. The minimum absolute atomic E-state index is 0.202. The highest BCUT2D eigenvalue weighted by Gasteiger charge is 2.39. The zero-order chi connectivity index (χ0) is 13.9. The number of carbonyl (C=O) groups is 1. The van der Waals surface area contributed by atoms with Crippen molar-refractivity contribution < 1.29 is 4.79 Å². The van der Waals surface area contributed by atoms with Gasteiger partial charge in [0.05, 0.1) is 11.7 Å². The van der Waals surface area contributed by atoms with Gasteiger partial charge in [-0.25, -0.2) is 0 Å². The smallest absolute Gasteiger partial charge is 0.242 e. The van der Waals surface area contributed by atoms with Gasteiger partial charge in [-0.05, 0) is 19.8 Å². The average Bonchev–Trinajstić information content (AvgIpc) is 2.82. The molecular formula is C14H24N4O.